The summed E-state index contributed by atoms with van der Waals surface area (Å²) in [5, 5.41) is 0. The summed E-state index contributed by atoms with van der Waals surface area (Å²) in [4.78, 5) is 2.67. The molecule has 0 heterocycles. The van der Waals surface area contributed by atoms with Crippen molar-refractivity contribution in [3.8, 4) is 5.75 Å². The van der Waals surface area contributed by atoms with Crippen molar-refractivity contribution in [2.45, 2.75) is 58.5 Å². The molecule has 0 aromatic heterocycles. The molecule has 3 heteroatoms. The highest BCUT2D eigenvalue weighted by atomic mass is 35.5. The second-order valence-electron chi connectivity index (χ2n) is 5.83. The van der Waals surface area contributed by atoms with Gasteiger partial charge in [0.05, 0.1) is 7.11 Å². The summed E-state index contributed by atoms with van der Waals surface area (Å²) >= 11 is 0. The first-order valence-electron chi connectivity index (χ1n) is 7.57. The van der Waals surface area contributed by atoms with Crippen LogP contribution in [0.1, 0.15) is 44.7 Å². The first-order chi connectivity index (χ1) is 9.17. The zero-order valence-corrected chi connectivity index (χ0v) is 14.0. The van der Waals surface area contributed by atoms with Crippen molar-refractivity contribution in [1.29, 1.82) is 0 Å². The Morgan fingerprint density at radius 1 is 1.35 bits per heavy atom. The minimum Gasteiger partial charge on any atom is -0.496 e. The van der Waals surface area contributed by atoms with E-state index in [1.807, 2.05) is 0 Å². The van der Waals surface area contributed by atoms with Crippen LogP contribution < -0.4 is 4.74 Å². The van der Waals surface area contributed by atoms with E-state index in [2.05, 4.69) is 43.9 Å². The van der Waals surface area contributed by atoms with Gasteiger partial charge in [-0.15, -0.1) is 12.4 Å². The second kappa shape index (κ2) is 7.90. The predicted molar refractivity (Wildman–Crippen MR) is 88.2 cm³/mol. The van der Waals surface area contributed by atoms with Gasteiger partial charge in [-0.25, -0.2) is 0 Å². The summed E-state index contributed by atoms with van der Waals surface area (Å²) < 4.78 is 5.49. The number of rotatable bonds is 5. The molecule has 0 saturated carbocycles. The van der Waals surface area contributed by atoms with Crippen LogP contribution in [0.25, 0.3) is 0 Å². The first kappa shape index (κ1) is 17.3. The molecule has 0 aliphatic heterocycles. The molecule has 0 fully saturated rings. The molecule has 2 nitrogen and oxygen atoms in total. The highest BCUT2D eigenvalue weighted by Gasteiger charge is 2.26. The average molecular weight is 298 g/mol. The summed E-state index contributed by atoms with van der Waals surface area (Å²) in [6.45, 7) is 8.12. The molecule has 1 aromatic rings. The highest BCUT2D eigenvalue weighted by Crippen LogP contribution is 2.31. The molecular weight excluding hydrogens is 270 g/mol. The van der Waals surface area contributed by atoms with Crippen LogP contribution in [0.5, 0.6) is 5.75 Å². The van der Waals surface area contributed by atoms with Gasteiger partial charge in [0.2, 0.25) is 0 Å². The van der Waals surface area contributed by atoms with Gasteiger partial charge in [-0.1, -0.05) is 19.1 Å². The largest absolute Gasteiger partial charge is 0.496 e. The van der Waals surface area contributed by atoms with Gasteiger partial charge in [-0.2, -0.15) is 0 Å². The van der Waals surface area contributed by atoms with Crippen LogP contribution >= 0.6 is 12.4 Å². The Bertz CT molecular complexity index is 419. The molecule has 0 bridgehead atoms. The van der Waals surface area contributed by atoms with Crippen LogP contribution in [0.2, 0.25) is 0 Å². The number of halogens is 1. The Morgan fingerprint density at radius 2 is 2.10 bits per heavy atom. The molecule has 1 unspecified atom stereocenters. The number of methoxy groups -OCH3 is 1. The topological polar surface area (TPSA) is 12.5 Å². The lowest BCUT2D eigenvalue weighted by Crippen LogP contribution is -2.44. The first-order valence-corrected chi connectivity index (χ1v) is 7.57. The third kappa shape index (κ3) is 3.67. The fourth-order valence-corrected chi connectivity index (χ4v) is 3.35. The van der Waals surface area contributed by atoms with E-state index in [1.54, 1.807) is 7.11 Å². The van der Waals surface area contributed by atoms with E-state index < -0.39 is 0 Å². The zero-order valence-electron chi connectivity index (χ0n) is 13.2. The quantitative estimate of drug-likeness (QED) is 0.811. The minimum atomic E-state index is 0. The minimum absolute atomic E-state index is 0. The van der Waals surface area contributed by atoms with Crippen molar-refractivity contribution >= 4 is 12.4 Å². The molecule has 114 valence electrons. The summed E-state index contributed by atoms with van der Waals surface area (Å²) in [5.41, 5.74) is 2.92. The van der Waals surface area contributed by atoms with E-state index in [-0.39, 0.29) is 12.4 Å². The molecule has 1 aromatic carbocycles. The maximum Gasteiger partial charge on any atom is 0.122 e. The van der Waals surface area contributed by atoms with Gasteiger partial charge >= 0.3 is 0 Å². The van der Waals surface area contributed by atoms with E-state index in [1.165, 1.54) is 36.9 Å². The van der Waals surface area contributed by atoms with Crippen molar-refractivity contribution in [2.75, 3.05) is 13.7 Å². The smallest absolute Gasteiger partial charge is 0.122 e. The van der Waals surface area contributed by atoms with E-state index in [4.69, 9.17) is 4.74 Å². The fourth-order valence-electron chi connectivity index (χ4n) is 3.35. The van der Waals surface area contributed by atoms with Crippen molar-refractivity contribution in [3.05, 3.63) is 29.3 Å². The lowest BCUT2D eigenvalue weighted by Gasteiger charge is -2.38. The van der Waals surface area contributed by atoms with Crippen LogP contribution in [0.3, 0.4) is 0 Å². The maximum atomic E-state index is 5.49. The summed E-state index contributed by atoms with van der Waals surface area (Å²) in [7, 11) is 1.78. The molecular formula is C17H28ClNO. The molecule has 1 atom stereocenters. The van der Waals surface area contributed by atoms with Gasteiger partial charge in [0.15, 0.2) is 0 Å². The number of hydrogen-bond donors (Lipinski definition) is 0. The normalized spacial score (nSPS) is 17.8. The molecule has 0 saturated heterocycles. The molecule has 0 spiro atoms. The number of fused-ring (bicyclic) bond motifs is 1. The van der Waals surface area contributed by atoms with E-state index in [9.17, 15) is 0 Å². The van der Waals surface area contributed by atoms with Crippen LogP contribution in [-0.2, 0) is 12.8 Å². The van der Waals surface area contributed by atoms with Crippen LogP contribution in [-0.4, -0.2) is 30.6 Å². The highest BCUT2D eigenvalue weighted by molar-refractivity contribution is 5.85. The van der Waals surface area contributed by atoms with Crippen molar-refractivity contribution in [1.82, 2.24) is 4.90 Å². The maximum absolute atomic E-state index is 5.49. The van der Waals surface area contributed by atoms with Crippen LogP contribution in [0, 0.1) is 0 Å². The molecule has 1 aliphatic rings. The Labute approximate surface area is 129 Å². The van der Waals surface area contributed by atoms with Crippen LogP contribution in [0.4, 0.5) is 0 Å². The summed E-state index contributed by atoms with van der Waals surface area (Å²) in [6, 6.07) is 7.82. The number of nitrogens with zero attached hydrogens (tertiary/aromatic N) is 1. The lowest BCUT2D eigenvalue weighted by atomic mass is 9.86. The SMILES string of the molecule is CCCN(C(C)C)C1CCc2c(cccc2OC)C1.Cl. The molecule has 20 heavy (non-hydrogen) atoms. The Balaban J connectivity index is 0.00000200. The Kier molecular flexibility index (Phi) is 6.84. The van der Waals surface area contributed by atoms with Crippen molar-refractivity contribution in [2.24, 2.45) is 0 Å². The standard InChI is InChI=1S/C17H27NO.ClH/c1-5-11-18(13(2)3)15-9-10-16-14(12-15)7-6-8-17(16)19-4;/h6-8,13,15H,5,9-12H2,1-4H3;1H. The van der Waals surface area contributed by atoms with Gasteiger partial charge in [-0.05, 0) is 63.3 Å². The van der Waals surface area contributed by atoms with Gasteiger partial charge in [0.1, 0.15) is 5.75 Å². The van der Waals surface area contributed by atoms with Gasteiger partial charge < -0.3 is 4.74 Å². The average Bonchev–Trinajstić information content (AvgIpc) is 2.43. The monoisotopic (exact) mass is 297 g/mol. The van der Waals surface area contributed by atoms with E-state index in [0.29, 0.717) is 12.1 Å². The third-order valence-corrected chi connectivity index (χ3v) is 4.25. The predicted octanol–water partition coefficient (Wildman–Crippen LogP) is 4.09. The Hall–Kier alpha value is -0.730. The van der Waals surface area contributed by atoms with Crippen molar-refractivity contribution < 1.29 is 4.74 Å². The molecule has 0 radical (unpaired) electrons. The number of benzene rings is 1. The molecule has 1 aliphatic carbocycles. The molecule has 2 rings (SSSR count). The third-order valence-electron chi connectivity index (χ3n) is 4.25. The Morgan fingerprint density at radius 3 is 2.70 bits per heavy atom. The second-order valence-corrected chi connectivity index (χ2v) is 5.83. The van der Waals surface area contributed by atoms with E-state index in [0.717, 1.165) is 12.2 Å². The molecule has 0 N–H and O–H groups in total. The zero-order chi connectivity index (χ0) is 13.8. The van der Waals surface area contributed by atoms with E-state index >= 15 is 0 Å². The lowest BCUT2D eigenvalue weighted by molar-refractivity contribution is 0.139. The number of hydrogen-bond acceptors (Lipinski definition) is 2. The van der Waals surface area contributed by atoms with Gasteiger partial charge in [0.25, 0.3) is 0 Å². The van der Waals surface area contributed by atoms with Crippen LogP contribution in [0.15, 0.2) is 18.2 Å². The van der Waals surface area contributed by atoms with Crippen molar-refractivity contribution in [3.63, 3.8) is 0 Å². The van der Waals surface area contributed by atoms with Gasteiger partial charge in [0, 0.05) is 12.1 Å². The number of ether oxygens (including phenoxy) is 1. The van der Waals surface area contributed by atoms with Gasteiger partial charge in [-0.3, -0.25) is 4.90 Å². The summed E-state index contributed by atoms with van der Waals surface area (Å²) in [5.74, 6) is 1.07. The summed E-state index contributed by atoms with van der Waals surface area (Å²) in [6.07, 6.45) is 4.81. The fraction of sp³-hybridized carbons (Fsp3) is 0.647. The molecule has 0 amide bonds.